The first-order valence-electron chi connectivity index (χ1n) is 5.00. The lowest BCUT2D eigenvalue weighted by atomic mass is 10.1. The van der Waals surface area contributed by atoms with Crippen molar-refractivity contribution in [3.63, 3.8) is 0 Å². The van der Waals surface area contributed by atoms with Crippen LogP contribution in [0.3, 0.4) is 0 Å². The number of rotatable bonds is 3. The van der Waals surface area contributed by atoms with Gasteiger partial charge in [0.15, 0.2) is 0 Å². The molecule has 80 valence electrons. The van der Waals surface area contributed by atoms with E-state index in [9.17, 15) is 0 Å². The van der Waals surface area contributed by atoms with Crippen molar-refractivity contribution in [2.45, 2.75) is 13.0 Å². The van der Waals surface area contributed by atoms with E-state index in [1.807, 2.05) is 36.4 Å². The summed E-state index contributed by atoms with van der Waals surface area (Å²) in [7, 11) is 0. The Bertz CT molecular complexity index is 508. The predicted molar refractivity (Wildman–Crippen MR) is 58.6 cm³/mol. The summed E-state index contributed by atoms with van der Waals surface area (Å²) in [6.07, 6.45) is 0.634. The third-order valence-corrected chi connectivity index (χ3v) is 2.35. The second-order valence-corrected chi connectivity index (χ2v) is 3.48. The first-order chi connectivity index (χ1) is 7.83. The van der Waals surface area contributed by atoms with Crippen LogP contribution in [0.15, 0.2) is 40.8 Å². The van der Waals surface area contributed by atoms with Crippen LogP contribution in [0.5, 0.6) is 0 Å². The van der Waals surface area contributed by atoms with Crippen LogP contribution in [-0.4, -0.2) is 5.11 Å². The average molecular weight is 213 g/mol. The van der Waals surface area contributed by atoms with Gasteiger partial charge in [-0.2, -0.15) is 5.26 Å². The molecule has 0 radical (unpaired) electrons. The maximum absolute atomic E-state index is 8.98. The molecule has 0 saturated heterocycles. The van der Waals surface area contributed by atoms with Gasteiger partial charge in [0, 0.05) is 6.42 Å². The number of aliphatic hydroxyl groups excluding tert-OH is 1. The zero-order valence-electron chi connectivity index (χ0n) is 8.68. The van der Waals surface area contributed by atoms with Gasteiger partial charge in [-0.15, -0.1) is 0 Å². The molecule has 2 rings (SSSR count). The normalized spacial score (nSPS) is 10.0. The molecular weight excluding hydrogens is 202 g/mol. The van der Waals surface area contributed by atoms with Gasteiger partial charge < -0.3 is 9.52 Å². The molecule has 0 bridgehead atoms. The van der Waals surface area contributed by atoms with Gasteiger partial charge in [0.05, 0.1) is 5.56 Å². The second kappa shape index (κ2) is 4.65. The molecule has 3 nitrogen and oxygen atoms in total. The van der Waals surface area contributed by atoms with Crippen molar-refractivity contribution in [3.8, 4) is 6.07 Å². The van der Waals surface area contributed by atoms with Gasteiger partial charge in [-0.3, -0.25) is 0 Å². The van der Waals surface area contributed by atoms with Crippen LogP contribution in [0.1, 0.15) is 22.6 Å². The molecule has 0 aliphatic carbocycles. The number of furan rings is 1. The third-order valence-electron chi connectivity index (χ3n) is 2.35. The van der Waals surface area contributed by atoms with Crippen molar-refractivity contribution in [1.29, 1.82) is 5.26 Å². The second-order valence-electron chi connectivity index (χ2n) is 3.48. The van der Waals surface area contributed by atoms with Crippen LogP contribution >= 0.6 is 0 Å². The first kappa shape index (κ1) is 10.5. The zero-order chi connectivity index (χ0) is 11.4. The molecule has 0 unspecified atom stereocenters. The Hall–Kier alpha value is -2.05. The maximum Gasteiger partial charge on any atom is 0.147 e. The molecule has 0 aliphatic heterocycles. The highest BCUT2D eigenvalue weighted by Crippen LogP contribution is 2.17. The van der Waals surface area contributed by atoms with E-state index in [0.717, 1.165) is 5.56 Å². The fourth-order valence-corrected chi connectivity index (χ4v) is 1.58. The summed E-state index contributed by atoms with van der Waals surface area (Å²) in [6.45, 7) is -0.238. The highest BCUT2D eigenvalue weighted by Gasteiger charge is 2.09. The van der Waals surface area contributed by atoms with Crippen LogP contribution in [-0.2, 0) is 13.0 Å². The Labute approximate surface area is 93.6 Å². The van der Waals surface area contributed by atoms with Gasteiger partial charge in [-0.25, -0.2) is 0 Å². The third kappa shape index (κ3) is 2.13. The van der Waals surface area contributed by atoms with Crippen molar-refractivity contribution >= 4 is 0 Å². The van der Waals surface area contributed by atoms with E-state index in [4.69, 9.17) is 14.8 Å². The molecule has 0 fully saturated rings. The molecule has 16 heavy (non-hydrogen) atoms. The molecule has 1 N–H and O–H groups in total. The minimum Gasteiger partial charge on any atom is -0.462 e. The van der Waals surface area contributed by atoms with Gasteiger partial charge >= 0.3 is 0 Å². The topological polar surface area (TPSA) is 57.2 Å². The lowest BCUT2D eigenvalue weighted by molar-refractivity contribution is 0.243. The van der Waals surface area contributed by atoms with Crippen LogP contribution < -0.4 is 0 Å². The number of aliphatic hydroxyl groups is 1. The summed E-state index contributed by atoms with van der Waals surface area (Å²) < 4.78 is 5.39. The standard InChI is InChI=1S/C13H11NO2/c14-8-11-7-12(16-13(11)9-15)6-10-4-2-1-3-5-10/h1-5,7,15H,6,9H2. The largest absolute Gasteiger partial charge is 0.462 e. The Morgan fingerprint density at radius 2 is 2.00 bits per heavy atom. The van der Waals surface area contributed by atoms with Crippen molar-refractivity contribution in [1.82, 2.24) is 0 Å². The van der Waals surface area contributed by atoms with E-state index in [0.29, 0.717) is 23.5 Å². The predicted octanol–water partition coefficient (Wildman–Crippen LogP) is 2.23. The van der Waals surface area contributed by atoms with Gasteiger partial charge in [-0.1, -0.05) is 30.3 Å². The first-order valence-corrected chi connectivity index (χ1v) is 5.00. The zero-order valence-corrected chi connectivity index (χ0v) is 8.68. The molecule has 0 spiro atoms. The summed E-state index contributed by atoms with van der Waals surface area (Å²) in [5.41, 5.74) is 1.53. The monoisotopic (exact) mass is 213 g/mol. The Kier molecular flexibility index (Phi) is 3.04. The molecule has 2 aromatic rings. The van der Waals surface area contributed by atoms with Crippen LogP contribution in [0.4, 0.5) is 0 Å². The SMILES string of the molecule is N#Cc1cc(Cc2ccccc2)oc1CO. The smallest absolute Gasteiger partial charge is 0.147 e. The van der Waals surface area contributed by atoms with Gasteiger partial charge in [0.25, 0.3) is 0 Å². The summed E-state index contributed by atoms with van der Waals surface area (Å²) in [6, 6.07) is 13.5. The molecule has 3 heteroatoms. The molecule has 1 heterocycles. The Balaban J connectivity index is 2.23. The summed E-state index contributed by atoms with van der Waals surface area (Å²) in [5.74, 6) is 1.04. The number of nitriles is 1. The van der Waals surface area contributed by atoms with Crippen LogP contribution in [0, 0.1) is 11.3 Å². The number of hydrogen-bond donors (Lipinski definition) is 1. The van der Waals surface area contributed by atoms with Gasteiger partial charge in [0.1, 0.15) is 24.2 Å². The molecule has 0 amide bonds. The fourth-order valence-electron chi connectivity index (χ4n) is 1.58. The van der Waals surface area contributed by atoms with E-state index in [1.165, 1.54) is 0 Å². The fraction of sp³-hybridized carbons (Fsp3) is 0.154. The number of nitrogens with zero attached hydrogens (tertiary/aromatic N) is 1. The quantitative estimate of drug-likeness (QED) is 0.850. The highest BCUT2D eigenvalue weighted by atomic mass is 16.4. The summed E-state index contributed by atoms with van der Waals surface area (Å²) in [5, 5.41) is 17.8. The minimum atomic E-state index is -0.238. The van der Waals surface area contributed by atoms with Crippen molar-refractivity contribution in [2.75, 3.05) is 0 Å². The average Bonchev–Trinajstić information content (AvgIpc) is 2.72. The lowest BCUT2D eigenvalue weighted by Gasteiger charge is -1.96. The molecule has 1 aromatic heterocycles. The van der Waals surface area contributed by atoms with Gasteiger partial charge in [0.2, 0.25) is 0 Å². The van der Waals surface area contributed by atoms with Crippen LogP contribution in [0.25, 0.3) is 0 Å². The van der Waals surface area contributed by atoms with Crippen molar-refractivity contribution < 1.29 is 9.52 Å². The lowest BCUT2D eigenvalue weighted by Crippen LogP contribution is -1.84. The van der Waals surface area contributed by atoms with Crippen molar-refractivity contribution in [3.05, 3.63) is 59.0 Å². The molecule has 0 saturated carbocycles. The van der Waals surface area contributed by atoms with E-state index in [1.54, 1.807) is 6.07 Å². The molecule has 0 aliphatic rings. The molecular formula is C13H11NO2. The molecule has 0 atom stereocenters. The minimum absolute atomic E-state index is 0.238. The Morgan fingerprint density at radius 3 is 2.56 bits per heavy atom. The van der Waals surface area contributed by atoms with Crippen molar-refractivity contribution in [2.24, 2.45) is 0 Å². The number of hydrogen-bond acceptors (Lipinski definition) is 3. The summed E-state index contributed by atoms with van der Waals surface area (Å²) >= 11 is 0. The summed E-state index contributed by atoms with van der Waals surface area (Å²) in [4.78, 5) is 0. The number of benzene rings is 1. The highest BCUT2D eigenvalue weighted by molar-refractivity contribution is 5.35. The van der Waals surface area contributed by atoms with E-state index >= 15 is 0 Å². The molecule has 1 aromatic carbocycles. The van der Waals surface area contributed by atoms with Crippen LogP contribution in [0.2, 0.25) is 0 Å². The van der Waals surface area contributed by atoms with Gasteiger partial charge in [-0.05, 0) is 11.6 Å². The van der Waals surface area contributed by atoms with E-state index in [2.05, 4.69) is 0 Å². The van der Waals surface area contributed by atoms with E-state index < -0.39 is 0 Å². The Morgan fingerprint density at radius 1 is 1.25 bits per heavy atom. The van der Waals surface area contributed by atoms with E-state index in [-0.39, 0.29) is 6.61 Å². The maximum atomic E-state index is 8.98.